The molecule has 1 aromatic carbocycles. The van der Waals surface area contributed by atoms with Crippen LogP contribution in [0.1, 0.15) is 6.42 Å². The van der Waals surface area contributed by atoms with Crippen molar-refractivity contribution in [3.8, 4) is 0 Å². The van der Waals surface area contributed by atoms with E-state index in [1.807, 2.05) is 0 Å². The first kappa shape index (κ1) is 13.3. The molecule has 8 heteroatoms. The van der Waals surface area contributed by atoms with E-state index in [2.05, 4.69) is 0 Å². The van der Waals surface area contributed by atoms with Crippen molar-refractivity contribution in [3.05, 3.63) is 24.0 Å². The summed E-state index contributed by atoms with van der Waals surface area (Å²) in [6.07, 6.45) is 0.0284. The predicted molar refractivity (Wildman–Crippen MR) is 65.1 cm³/mol. The molecule has 5 nitrogen and oxygen atoms in total. The summed E-state index contributed by atoms with van der Waals surface area (Å²) in [7, 11) is -7.23. The fourth-order valence-corrected chi connectivity index (χ4v) is 6.43. The van der Waals surface area contributed by atoms with Crippen LogP contribution < -0.4 is 5.73 Å². The van der Waals surface area contributed by atoms with Gasteiger partial charge in [-0.05, 0) is 24.6 Å². The molecule has 1 heterocycles. The van der Waals surface area contributed by atoms with Gasteiger partial charge >= 0.3 is 0 Å². The molecule has 0 radical (unpaired) electrons. The number of hydrogen-bond acceptors (Lipinski definition) is 5. The first-order valence-corrected chi connectivity index (χ1v) is 8.58. The summed E-state index contributed by atoms with van der Waals surface area (Å²) in [6, 6.07) is 3.04. The zero-order chi connectivity index (χ0) is 13.6. The largest absolute Gasteiger partial charge is 0.398 e. The van der Waals surface area contributed by atoms with Gasteiger partial charge in [0.05, 0.1) is 27.3 Å². The van der Waals surface area contributed by atoms with E-state index in [1.165, 1.54) is 0 Å². The normalized spacial score (nSPS) is 23.1. The molecular weight excluding hydrogens is 281 g/mol. The van der Waals surface area contributed by atoms with Crippen LogP contribution in [0.5, 0.6) is 0 Å². The third-order valence-electron chi connectivity index (χ3n) is 2.91. The van der Waals surface area contributed by atoms with Crippen LogP contribution in [0.15, 0.2) is 23.1 Å². The summed E-state index contributed by atoms with van der Waals surface area (Å²) in [5.41, 5.74) is 5.45. The van der Waals surface area contributed by atoms with Gasteiger partial charge < -0.3 is 5.73 Å². The van der Waals surface area contributed by atoms with Crippen molar-refractivity contribution in [2.45, 2.75) is 16.6 Å². The van der Waals surface area contributed by atoms with Crippen molar-refractivity contribution in [3.63, 3.8) is 0 Å². The standard InChI is InChI=1S/C10H12FNO4S2/c11-7-1-2-9(12)10(5-7)18(15,16)8-3-4-17(13,14)6-8/h1-2,5,8H,3-4,6,12H2. The number of benzene rings is 1. The quantitative estimate of drug-likeness (QED) is 0.795. The van der Waals surface area contributed by atoms with E-state index in [0.29, 0.717) is 0 Å². The molecule has 0 amide bonds. The Morgan fingerprint density at radius 2 is 2.00 bits per heavy atom. The van der Waals surface area contributed by atoms with Gasteiger partial charge in [-0.25, -0.2) is 21.2 Å². The number of nitrogens with two attached hydrogens (primary N) is 1. The lowest BCUT2D eigenvalue weighted by atomic mass is 10.3. The van der Waals surface area contributed by atoms with Crippen LogP contribution in [0.3, 0.4) is 0 Å². The second kappa shape index (κ2) is 4.20. The summed E-state index contributed by atoms with van der Waals surface area (Å²) in [6.45, 7) is 0. The molecule has 1 aromatic rings. The smallest absolute Gasteiger partial charge is 0.184 e. The number of halogens is 1. The van der Waals surface area contributed by atoms with E-state index in [9.17, 15) is 21.2 Å². The van der Waals surface area contributed by atoms with Crippen molar-refractivity contribution >= 4 is 25.4 Å². The summed E-state index contributed by atoms with van der Waals surface area (Å²) in [5.74, 6) is -1.30. The zero-order valence-electron chi connectivity index (χ0n) is 9.34. The molecule has 2 rings (SSSR count). The third kappa shape index (κ3) is 2.35. The van der Waals surface area contributed by atoms with Crippen molar-refractivity contribution in [2.75, 3.05) is 17.2 Å². The van der Waals surface area contributed by atoms with Crippen molar-refractivity contribution in [1.29, 1.82) is 0 Å². The molecule has 1 atom stereocenters. The number of anilines is 1. The van der Waals surface area contributed by atoms with Gasteiger partial charge in [0.15, 0.2) is 19.7 Å². The molecule has 100 valence electrons. The zero-order valence-corrected chi connectivity index (χ0v) is 11.0. The Bertz CT molecular complexity index is 682. The average molecular weight is 293 g/mol. The highest BCUT2D eigenvalue weighted by molar-refractivity contribution is 7.96. The molecule has 0 aromatic heterocycles. The van der Waals surface area contributed by atoms with Crippen LogP contribution in [0.2, 0.25) is 0 Å². The van der Waals surface area contributed by atoms with Gasteiger partial charge in [0.2, 0.25) is 0 Å². The molecule has 1 saturated heterocycles. The fourth-order valence-electron chi connectivity index (χ4n) is 1.94. The molecule has 2 N–H and O–H groups in total. The fraction of sp³-hybridized carbons (Fsp3) is 0.400. The molecule has 1 aliphatic heterocycles. The Kier molecular flexibility index (Phi) is 3.10. The molecule has 1 aliphatic rings. The highest BCUT2D eigenvalue weighted by atomic mass is 32.2. The lowest BCUT2D eigenvalue weighted by Gasteiger charge is -2.12. The van der Waals surface area contributed by atoms with Crippen LogP contribution in [0.4, 0.5) is 10.1 Å². The minimum absolute atomic E-state index is 0.0284. The maximum atomic E-state index is 13.1. The summed E-state index contributed by atoms with van der Waals surface area (Å²) in [4.78, 5) is -0.329. The molecule has 18 heavy (non-hydrogen) atoms. The maximum Gasteiger partial charge on any atom is 0.184 e. The van der Waals surface area contributed by atoms with Gasteiger partial charge in [-0.2, -0.15) is 0 Å². The second-order valence-electron chi connectivity index (χ2n) is 4.25. The second-order valence-corrected chi connectivity index (χ2v) is 8.68. The van der Waals surface area contributed by atoms with E-state index in [-0.39, 0.29) is 22.8 Å². The van der Waals surface area contributed by atoms with Crippen molar-refractivity contribution in [2.24, 2.45) is 0 Å². The highest BCUT2D eigenvalue weighted by Gasteiger charge is 2.38. The molecular formula is C10H12FNO4S2. The lowest BCUT2D eigenvalue weighted by Crippen LogP contribution is -2.23. The highest BCUT2D eigenvalue weighted by Crippen LogP contribution is 2.29. The molecule has 0 spiro atoms. The van der Waals surface area contributed by atoms with Gasteiger partial charge in [0.1, 0.15) is 5.82 Å². The molecule has 0 bridgehead atoms. The topological polar surface area (TPSA) is 94.3 Å². The lowest BCUT2D eigenvalue weighted by molar-refractivity contribution is 0.579. The van der Waals surface area contributed by atoms with E-state index < -0.39 is 36.5 Å². The summed E-state index contributed by atoms with van der Waals surface area (Å²) >= 11 is 0. The van der Waals surface area contributed by atoms with Gasteiger partial charge in [0, 0.05) is 0 Å². The Hall–Kier alpha value is -1.15. The minimum atomic E-state index is -3.91. The minimum Gasteiger partial charge on any atom is -0.398 e. The van der Waals surface area contributed by atoms with Gasteiger partial charge in [-0.3, -0.25) is 0 Å². The summed E-state index contributed by atoms with van der Waals surface area (Å²) in [5, 5.41) is -1.04. The number of hydrogen-bond donors (Lipinski definition) is 1. The van der Waals surface area contributed by atoms with Gasteiger partial charge in [0.25, 0.3) is 0 Å². The summed E-state index contributed by atoms with van der Waals surface area (Å²) < 4.78 is 60.0. The van der Waals surface area contributed by atoms with E-state index in [4.69, 9.17) is 5.73 Å². The van der Waals surface area contributed by atoms with Gasteiger partial charge in [-0.15, -0.1) is 0 Å². The first-order valence-electron chi connectivity index (χ1n) is 5.22. The molecule has 0 aliphatic carbocycles. The van der Waals surface area contributed by atoms with Crippen LogP contribution in [0, 0.1) is 5.82 Å². The van der Waals surface area contributed by atoms with Crippen molar-refractivity contribution in [1.82, 2.24) is 0 Å². The third-order valence-corrected chi connectivity index (χ3v) is 7.14. The van der Waals surface area contributed by atoms with E-state index in [1.54, 1.807) is 0 Å². The van der Waals surface area contributed by atoms with Crippen LogP contribution in [0.25, 0.3) is 0 Å². The Morgan fingerprint density at radius 1 is 1.33 bits per heavy atom. The van der Waals surface area contributed by atoms with Gasteiger partial charge in [-0.1, -0.05) is 0 Å². The Labute approximate surface area is 105 Å². The Balaban J connectivity index is 2.47. The average Bonchev–Trinajstić information content (AvgIpc) is 2.63. The molecule has 1 fully saturated rings. The number of nitrogen functional groups attached to an aromatic ring is 1. The van der Waals surface area contributed by atoms with Crippen LogP contribution >= 0.6 is 0 Å². The first-order chi connectivity index (χ1) is 8.22. The molecule has 1 unspecified atom stereocenters. The van der Waals surface area contributed by atoms with Crippen LogP contribution in [-0.4, -0.2) is 33.6 Å². The maximum absolute atomic E-state index is 13.1. The molecule has 0 saturated carbocycles. The van der Waals surface area contributed by atoms with Crippen molar-refractivity contribution < 1.29 is 21.2 Å². The SMILES string of the molecule is Nc1ccc(F)cc1S(=O)(=O)C1CCS(=O)(=O)C1. The van der Waals surface area contributed by atoms with Crippen LogP contribution in [-0.2, 0) is 19.7 Å². The number of rotatable bonds is 2. The predicted octanol–water partition coefficient (Wildman–Crippen LogP) is 0.369. The van der Waals surface area contributed by atoms with E-state index >= 15 is 0 Å². The Morgan fingerprint density at radius 3 is 2.56 bits per heavy atom. The monoisotopic (exact) mass is 293 g/mol. The van der Waals surface area contributed by atoms with E-state index in [0.717, 1.165) is 18.2 Å². The number of sulfone groups is 2.